The van der Waals surface area contributed by atoms with Crippen LogP contribution in [0.5, 0.6) is 0 Å². The number of benzene rings is 1. The Hall–Kier alpha value is -1.21. The molecule has 1 heterocycles. The molecule has 130 valence electrons. The highest BCUT2D eigenvalue weighted by molar-refractivity contribution is 5.49. The molecule has 0 atom stereocenters. The molecular formula is C17H29FN4O. The summed E-state index contributed by atoms with van der Waals surface area (Å²) in [7, 11) is 3.82. The summed E-state index contributed by atoms with van der Waals surface area (Å²) in [6.45, 7) is 7.37. The topological polar surface area (TPSA) is 42.0 Å². The lowest BCUT2D eigenvalue weighted by molar-refractivity contribution is 0.108. The lowest BCUT2D eigenvalue weighted by atomic mass is 10.1. The normalized spacial score (nSPS) is 16.7. The number of hydrogen-bond donors (Lipinski definition) is 2. The predicted molar refractivity (Wildman–Crippen MR) is 92.4 cm³/mol. The first kappa shape index (κ1) is 18.1. The highest BCUT2D eigenvalue weighted by atomic mass is 19.1. The average molecular weight is 324 g/mol. The molecule has 0 bridgehead atoms. The van der Waals surface area contributed by atoms with Crippen LogP contribution in [0.4, 0.5) is 10.1 Å². The molecular weight excluding hydrogens is 295 g/mol. The molecule has 0 amide bonds. The maximum Gasteiger partial charge on any atom is 0.146 e. The van der Waals surface area contributed by atoms with Gasteiger partial charge in [0.15, 0.2) is 0 Å². The van der Waals surface area contributed by atoms with Gasteiger partial charge in [0.2, 0.25) is 0 Å². The van der Waals surface area contributed by atoms with Gasteiger partial charge < -0.3 is 15.3 Å². The molecule has 0 spiro atoms. The first-order valence-corrected chi connectivity index (χ1v) is 8.33. The summed E-state index contributed by atoms with van der Waals surface area (Å²) < 4.78 is 14.1. The molecule has 1 fully saturated rings. The second kappa shape index (κ2) is 9.17. The van der Waals surface area contributed by atoms with E-state index in [-0.39, 0.29) is 12.4 Å². The van der Waals surface area contributed by atoms with Crippen LogP contribution >= 0.6 is 0 Å². The lowest BCUT2D eigenvalue weighted by Crippen LogP contribution is -2.46. The second-order valence-electron chi connectivity index (χ2n) is 6.15. The molecule has 0 unspecified atom stereocenters. The summed E-state index contributed by atoms with van der Waals surface area (Å²) in [6.07, 6.45) is 0. The molecule has 0 aliphatic carbocycles. The van der Waals surface area contributed by atoms with Crippen molar-refractivity contribution in [2.24, 2.45) is 0 Å². The van der Waals surface area contributed by atoms with Crippen LogP contribution in [0.1, 0.15) is 5.56 Å². The van der Waals surface area contributed by atoms with Crippen LogP contribution in [0.15, 0.2) is 18.2 Å². The molecule has 1 aromatic carbocycles. The van der Waals surface area contributed by atoms with Crippen LogP contribution < -0.4 is 10.2 Å². The number of piperazine rings is 1. The van der Waals surface area contributed by atoms with Gasteiger partial charge in [0.25, 0.3) is 0 Å². The first-order valence-electron chi connectivity index (χ1n) is 8.33. The molecule has 1 saturated heterocycles. The molecule has 2 N–H and O–H groups in total. The number of rotatable bonds is 8. The van der Waals surface area contributed by atoms with E-state index in [1.807, 2.05) is 31.1 Å². The Kier molecular flexibility index (Phi) is 7.23. The number of aliphatic hydroxyl groups excluding tert-OH is 1. The number of hydrogen-bond acceptors (Lipinski definition) is 5. The smallest absolute Gasteiger partial charge is 0.146 e. The molecule has 23 heavy (non-hydrogen) atoms. The van der Waals surface area contributed by atoms with Crippen LogP contribution in [-0.2, 0) is 6.54 Å². The van der Waals surface area contributed by atoms with Gasteiger partial charge in [-0.25, -0.2) is 4.39 Å². The molecule has 2 rings (SSSR count). The quantitative estimate of drug-likeness (QED) is 0.733. The second-order valence-corrected chi connectivity index (χ2v) is 6.15. The molecule has 0 aromatic heterocycles. The Bertz CT molecular complexity index is 478. The number of anilines is 1. The van der Waals surface area contributed by atoms with E-state index < -0.39 is 0 Å². The number of β-amino-alcohol motifs (C(OH)–C–C–N with tert-alkyl or cyclic N) is 1. The van der Waals surface area contributed by atoms with Gasteiger partial charge >= 0.3 is 0 Å². The van der Waals surface area contributed by atoms with E-state index in [1.165, 1.54) is 0 Å². The summed E-state index contributed by atoms with van der Waals surface area (Å²) in [5.41, 5.74) is 1.81. The fraction of sp³-hybridized carbons (Fsp3) is 0.647. The van der Waals surface area contributed by atoms with Gasteiger partial charge in [-0.3, -0.25) is 9.80 Å². The number of nitrogens with one attached hydrogen (secondary N) is 1. The Labute approximate surface area is 138 Å². The van der Waals surface area contributed by atoms with Crippen molar-refractivity contribution in [3.8, 4) is 0 Å². The third kappa shape index (κ3) is 5.42. The van der Waals surface area contributed by atoms with Gasteiger partial charge in [-0.05, 0) is 24.7 Å². The molecule has 1 aromatic rings. The van der Waals surface area contributed by atoms with Gasteiger partial charge in [0.1, 0.15) is 5.82 Å². The number of halogens is 1. The van der Waals surface area contributed by atoms with Crippen molar-refractivity contribution in [2.75, 3.05) is 71.4 Å². The van der Waals surface area contributed by atoms with Crippen LogP contribution in [0, 0.1) is 5.82 Å². The van der Waals surface area contributed by atoms with Crippen molar-refractivity contribution in [1.82, 2.24) is 15.1 Å². The zero-order chi connectivity index (χ0) is 16.7. The maximum atomic E-state index is 14.1. The Morgan fingerprint density at radius 3 is 2.57 bits per heavy atom. The molecule has 1 aliphatic rings. The zero-order valence-corrected chi connectivity index (χ0v) is 14.3. The molecule has 6 heteroatoms. The zero-order valence-electron chi connectivity index (χ0n) is 14.3. The molecule has 5 nitrogen and oxygen atoms in total. The van der Waals surface area contributed by atoms with Crippen LogP contribution in [0.3, 0.4) is 0 Å². The van der Waals surface area contributed by atoms with Gasteiger partial charge in [-0.2, -0.15) is 0 Å². The summed E-state index contributed by atoms with van der Waals surface area (Å²) in [5, 5.41) is 12.1. The van der Waals surface area contributed by atoms with Crippen molar-refractivity contribution < 1.29 is 9.50 Å². The Morgan fingerprint density at radius 1 is 1.22 bits per heavy atom. The van der Waals surface area contributed by atoms with Gasteiger partial charge in [-0.1, -0.05) is 6.07 Å². The summed E-state index contributed by atoms with van der Waals surface area (Å²) >= 11 is 0. The van der Waals surface area contributed by atoms with E-state index in [0.717, 1.165) is 57.9 Å². The minimum absolute atomic E-state index is 0.167. The standard InChI is InChI=1S/C17H29FN4O/c1-19-5-6-20(2)17-13-15(3-4-16(17)18)14-22-9-7-21(8-10-22)11-12-23/h3-4,13,19,23H,5-12,14H2,1-2H3. The van der Waals surface area contributed by atoms with Gasteiger partial charge in [-0.15, -0.1) is 0 Å². The number of aliphatic hydroxyl groups is 1. The van der Waals surface area contributed by atoms with Gasteiger partial charge in [0, 0.05) is 59.4 Å². The monoisotopic (exact) mass is 324 g/mol. The van der Waals surface area contributed by atoms with E-state index in [0.29, 0.717) is 5.69 Å². The average Bonchev–Trinajstić information content (AvgIpc) is 2.56. The highest BCUT2D eigenvalue weighted by Gasteiger charge is 2.17. The summed E-state index contributed by atoms with van der Waals surface area (Å²) in [4.78, 5) is 6.62. The lowest BCUT2D eigenvalue weighted by Gasteiger charge is -2.34. The van der Waals surface area contributed by atoms with Crippen molar-refractivity contribution in [2.45, 2.75) is 6.54 Å². The summed E-state index contributed by atoms with van der Waals surface area (Å²) in [5.74, 6) is -0.167. The van der Waals surface area contributed by atoms with E-state index >= 15 is 0 Å². The number of nitrogens with zero attached hydrogens (tertiary/aromatic N) is 3. The van der Waals surface area contributed by atoms with E-state index in [4.69, 9.17) is 5.11 Å². The first-order chi connectivity index (χ1) is 11.1. The van der Waals surface area contributed by atoms with E-state index in [1.54, 1.807) is 6.07 Å². The maximum absolute atomic E-state index is 14.1. The molecule has 0 radical (unpaired) electrons. The van der Waals surface area contributed by atoms with Crippen molar-refractivity contribution in [3.63, 3.8) is 0 Å². The SMILES string of the molecule is CNCCN(C)c1cc(CN2CCN(CCO)CC2)ccc1F. The van der Waals surface area contributed by atoms with Gasteiger partial charge in [0.05, 0.1) is 12.3 Å². The minimum Gasteiger partial charge on any atom is -0.395 e. The summed E-state index contributed by atoms with van der Waals surface area (Å²) in [6, 6.07) is 5.42. The molecule has 1 aliphatic heterocycles. The van der Waals surface area contributed by atoms with E-state index in [2.05, 4.69) is 15.1 Å². The Balaban J connectivity index is 1.93. The predicted octanol–water partition coefficient (Wildman–Crippen LogP) is 0.591. The van der Waals surface area contributed by atoms with E-state index in [9.17, 15) is 4.39 Å². The van der Waals surface area contributed by atoms with Crippen molar-refractivity contribution in [3.05, 3.63) is 29.6 Å². The highest BCUT2D eigenvalue weighted by Crippen LogP contribution is 2.21. The fourth-order valence-corrected chi connectivity index (χ4v) is 2.92. The van der Waals surface area contributed by atoms with Crippen molar-refractivity contribution >= 4 is 5.69 Å². The molecule has 0 saturated carbocycles. The third-order valence-corrected chi connectivity index (χ3v) is 4.41. The van der Waals surface area contributed by atoms with Crippen LogP contribution in [-0.4, -0.2) is 81.4 Å². The third-order valence-electron chi connectivity index (χ3n) is 4.41. The number of likely N-dealkylation sites (N-methyl/N-ethyl adjacent to an activating group) is 2. The van der Waals surface area contributed by atoms with Crippen LogP contribution in [0.25, 0.3) is 0 Å². The minimum atomic E-state index is -0.167. The van der Waals surface area contributed by atoms with Crippen LogP contribution in [0.2, 0.25) is 0 Å². The Morgan fingerprint density at radius 2 is 1.91 bits per heavy atom. The fourth-order valence-electron chi connectivity index (χ4n) is 2.92. The van der Waals surface area contributed by atoms with Crippen molar-refractivity contribution in [1.29, 1.82) is 0 Å². The largest absolute Gasteiger partial charge is 0.395 e.